The largest absolute Gasteiger partial charge is 0.459 e. The van der Waals surface area contributed by atoms with Gasteiger partial charge in [-0.3, -0.25) is 4.79 Å². The van der Waals surface area contributed by atoms with Gasteiger partial charge in [-0.05, 0) is 48.5 Å². The number of rotatable bonds is 4. The van der Waals surface area contributed by atoms with E-state index >= 15 is 0 Å². The number of hydrogen-bond donors (Lipinski definition) is 1. The number of para-hydroxylation sites is 2. The minimum absolute atomic E-state index is 0.237. The van der Waals surface area contributed by atoms with Gasteiger partial charge in [0.2, 0.25) is 0 Å². The molecule has 0 aliphatic heterocycles. The Balaban J connectivity index is 1.80. The molecule has 22 heavy (non-hydrogen) atoms. The van der Waals surface area contributed by atoms with Crippen molar-refractivity contribution >= 4 is 23.2 Å². The first-order valence-corrected chi connectivity index (χ1v) is 6.97. The topological polar surface area (TPSA) is 51.5 Å². The average Bonchev–Trinajstić information content (AvgIpc) is 3.06. The summed E-state index contributed by atoms with van der Waals surface area (Å²) in [5, 5.41) is 3.39. The molecule has 1 amide bonds. The Morgan fingerprint density at radius 2 is 1.77 bits per heavy atom. The maximum atomic E-state index is 12.0. The summed E-state index contributed by atoms with van der Waals surface area (Å²) in [6, 6.07) is 17.4. The number of carbonyl (C=O) groups excluding carboxylic acids is 1. The van der Waals surface area contributed by atoms with Gasteiger partial charge >= 0.3 is 0 Å². The Bertz CT molecular complexity index is 767. The van der Waals surface area contributed by atoms with E-state index in [2.05, 4.69) is 5.32 Å². The summed E-state index contributed by atoms with van der Waals surface area (Å²) in [7, 11) is 0. The van der Waals surface area contributed by atoms with E-state index < -0.39 is 0 Å². The Labute approximate surface area is 132 Å². The van der Waals surface area contributed by atoms with Crippen molar-refractivity contribution in [2.75, 3.05) is 5.32 Å². The van der Waals surface area contributed by atoms with E-state index in [9.17, 15) is 4.79 Å². The summed E-state index contributed by atoms with van der Waals surface area (Å²) in [6.07, 6.45) is 1.45. The Morgan fingerprint density at radius 3 is 2.50 bits per heavy atom. The lowest BCUT2D eigenvalue weighted by atomic mass is 10.2. The van der Waals surface area contributed by atoms with Crippen LogP contribution in [0.1, 0.15) is 10.6 Å². The molecule has 1 N–H and O–H groups in total. The van der Waals surface area contributed by atoms with Crippen LogP contribution in [0.2, 0.25) is 5.02 Å². The number of anilines is 1. The Kier molecular flexibility index (Phi) is 4.12. The van der Waals surface area contributed by atoms with Crippen molar-refractivity contribution in [1.82, 2.24) is 0 Å². The molecule has 0 aliphatic rings. The van der Waals surface area contributed by atoms with Gasteiger partial charge in [0.15, 0.2) is 11.5 Å². The average molecular weight is 314 g/mol. The van der Waals surface area contributed by atoms with Gasteiger partial charge in [0.25, 0.3) is 5.91 Å². The van der Waals surface area contributed by atoms with Gasteiger partial charge in [-0.2, -0.15) is 0 Å². The molecule has 0 aliphatic carbocycles. The van der Waals surface area contributed by atoms with Gasteiger partial charge in [0, 0.05) is 5.02 Å². The molecule has 0 saturated heterocycles. The molecule has 0 atom stereocenters. The fraction of sp³-hybridized carbons (Fsp3) is 0. The standard InChI is InChI=1S/C17H12ClNO3/c18-12-7-9-13(10-8-12)22-15-5-2-1-4-14(15)19-17(20)16-6-3-11-21-16/h1-11H,(H,19,20). The van der Waals surface area contributed by atoms with Crippen LogP contribution < -0.4 is 10.1 Å². The molecule has 0 fully saturated rings. The molecule has 2 aromatic carbocycles. The predicted octanol–water partition coefficient (Wildman–Crippen LogP) is 4.98. The first-order chi connectivity index (χ1) is 10.7. The first-order valence-electron chi connectivity index (χ1n) is 6.60. The number of hydrogen-bond acceptors (Lipinski definition) is 3. The molecule has 0 spiro atoms. The minimum atomic E-state index is -0.336. The van der Waals surface area contributed by atoms with Crippen LogP contribution in [0.25, 0.3) is 0 Å². The zero-order valence-electron chi connectivity index (χ0n) is 11.5. The molecule has 110 valence electrons. The van der Waals surface area contributed by atoms with E-state index in [0.29, 0.717) is 22.2 Å². The summed E-state index contributed by atoms with van der Waals surface area (Å²) in [5.74, 6) is 1.06. The SMILES string of the molecule is O=C(Nc1ccccc1Oc1ccc(Cl)cc1)c1ccco1. The van der Waals surface area contributed by atoms with Crippen LogP contribution in [-0.4, -0.2) is 5.91 Å². The van der Waals surface area contributed by atoms with Crippen LogP contribution in [0.4, 0.5) is 5.69 Å². The van der Waals surface area contributed by atoms with Crippen molar-refractivity contribution < 1.29 is 13.9 Å². The molecular formula is C17H12ClNO3. The van der Waals surface area contributed by atoms with Gasteiger partial charge in [-0.15, -0.1) is 0 Å². The minimum Gasteiger partial charge on any atom is -0.459 e. The van der Waals surface area contributed by atoms with Gasteiger partial charge < -0.3 is 14.5 Å². The number of amides is 1. The van der Waals surface area contributed by atoms with Crippen LogP contribution in [0, 0.1) is 0 Å². The highest BCUT2D eigenvalue weighted by Crippen LogP contribution is 2.30. The van der Waals surface area contributed by atoms with E-state index in [1.165, 1.54) is 6.26 Å². The van der Waals surface area contributed by atoms with Gasteiger partial charge in [0.1, 0.15) is 5.75 Å². The van der Waals surface area contributed by atoms with Crippen molar-refractivity contribution in [3.05, 3.63) is 77.7 Å². The van der Waals surface area contributed by atoms with E-state index in [4.69, 9.17) is 20.8 Å². The number of nitrogens with one attached hydrogen (secondary N) is 1. The van der Waals surface area contributed by atoms with Crippen LogP contribution in [0.5, 0.6) is 11.5 Å². The fourth-order valence-corrected chi connectivity index (χ4v) is 2.01. The molecule has 1 aromatic heterocycles. The molecule has 3 rings (SSSR count). The van der Waals surface area contributed by atoms with E-state index in [-0.39, 0.29) is 11.7 Å². The monoisotopic (exact) mass is 313 g/mol. The Hall–Kier alpha value is -2.72. The molecule has 0 unspecified atom stereocenters. The second-order valence-corrected chi connectivity index (χ2v) is 4.92. The lowest BCUT2D eigenvalue weighted by Gasteiger charge is -2.11. The number of carbonyl (C=O) groups is 1. The predicted molar refractivity (Wildman–Crippen MR) is 84.6 cm³/mol. The van der Waals surface area contributed by atoms with Crippen LogP contribution in [0.15, 0.2) is 71.3 Å². The van der Waals surface area contributed by atoms with Crippen molar-refractivity contribution in [2.45, 2.75) is 0 Å². The van der Waals surface area contributed by atoms with Gasteiger partial charge in [-0.25, -0.2) is 0 Å². The smallest absolute Gasteiger partial charge is 0.291 e. The normalized spacial score (nSPS) is 10.2. The molecule has 0 radical (unpaired) electrons. The highest BCUT2D eigenvalue weighted by Gasteiger charge is 2.12. The van der Waals surface area contributed by atoms with Crippen LogP contribution in [0.3, 0.4) is 0 Å². The molecular weight excluding hydrogens is 302 g/mol. The fourth-order valence-electron chi connectivity index (χ4n) is 1.88. The maximum Gasteiger partial charge on any atom is 0.291 e. The van der Waals surface area contributed by atoms with E-state index in [1.54, 1.807) is 48.5 Å². The van der Waals surface area contributed by atoms with E-state index in [1.807, 2.05) is 12.1 Å². The highest BCUT2D eigenvalue weighted by molar-refractivity contribution is 6.30. The third-order valence-corrected chi connectivity index (χ3v) is 3.17. The highest BCUT2D eigenvalue weighted by atomic mass is 35.5. The summed E-state index contributed by atoms with van der Waals surface area (Å²) >= 11 is 5.85. The van der Waals surface area contributed by atoms with Crippen molar-refractivity contribution in [3.63, 3.8) is 0 Å². The molecule has 1 heterocycles. The van der Waals surface area contributed by atoms with Crippen molar-refractivity contribution in [1.29, 1.82) is 0 Å². The van der Waals surface area contributed by atoms with Crippen molar-refractivity contribution in [3.8, 4) is 11.5 Å². The van der Waals surface area contributed by atoms with Gasteiger partial charge in [0.05, 0.1) is 12.0 Å². The lowest BCUT2D eigenvalue weighted by Crippen LogP contribution is -2.11. The number of furan rings is 1. The maximum absolute atomic E-state index is 12.0. The molecule has 5 heteroatoms. The quantitative estimate of drug-likeness (QED) is 0.739. The van der Waals surface area contributed by atoms with Crippen LogP contribution >= 0.6 is 11.6 Å². The number of benzene rings is 2. The number of ether oxygens (including phenoxy) is 1. The third kappa shape index (κ3) is 3.30. The molecule has 0 bridgehead atoms. The van der Waals surface area contributed by atoms with E-state index in [0.717, 1.165) is 0 Å². The van der Waals surface area contributed by atoms with Gasteiger partial charge in [-0.1, -0.05) is 23.7 Å². The summed E-state index contributed by atoms with van der Waals surface area (Å²) in [4.78, 5) is 12.0. The molecule has 3 aromatic rings. The van der Waals surface area contributed by atoms with Crippen LogP contribution in [-0.2, 0) is 0 Å². The zero-order valence-corrected chi connectivity index (χ0v) is 12.2. The first kappa shape index (κ1) is 14.2. The lowest BCUT2D eigenvalue weighted by molar-refractivity contribution is 0.0996. The number of halogens is 1. The summed E-state index contributed by atoms with van der Waals surface area (Å²) < 4.78 is 10.9. The molecule has 0 saturated carbocycles. The Morgan fingerprint density at radius 1 is 1.00 bits per heavy atom. The zero-order chi connectivity index (χ0) is 15.4. The molecule has 4 nitrogen and oxygen atoms in total. The summed E-state index contributed by atoms with van der Waals surface area (Å²) in [5.41, 5.74) is 0.554. The second kappa shape index (κ2) is 6.37. The second-order valence-electron chi connectivity index (χ2n) is 4.48. The van der Waals surface area contributed by atoms with Crippen molar-refractivity contribution in [2.24, 2.45) is 0 Å². The summed E-state index contributed by atoms with van der Waals surface area (Å²) in [6.45, 7) is 0. The third-order valence-electron chi connectivity index (χ3n) is 2.92.